The Hall–Kier alpha value is -6.12. The summed E-state index contributed by atoms with van der Waals surface area (Å²) in [5.74, 6) is 0.581. The number of hydrogen-bond acceptors (Lipinski definition) is 2. The van der Waals surface area contributed by atoms with E-state index in [1.807, 2.05) is 19.1 Å². The van der Waals surface area contributed by atoms with Gasteiger partial charge in [0, 0.05) is 28.0 Å². The SMILES string of the molecule is C=C/C=C(\C=C/C)C(=C)/C=C\C1=C(C)C2N=C(c3ccc(C4C=CC(c5nc6c7ccccc7c7c(c6c6ccccc56)CCCC7)=CC4)cc3)C=CC2C=C1. The summed E-state index contributed by atoms with van der Waals surface area (Å²) in [6, 6.07) is 27.0. The molecule has 4 aromatic carbocycles. The number of fused-ring (bicyclic) bond motifs is 9. The average molecular weight is 725 g/mol. The minimum atomic E-state index is 0.0827. The van der Waals surface area contributed by atoms with E-state index < -0.39 is 0 Å². The first-order valence-electron chi connectivity index (χ1n) is 20.2. The Balaban J connectivity index is 0.964. The van der Waals surface area contributed by atoms with Gasteiger partial charge in [0.25, 0.3) is 0 Å². The van der Waals surface area contributed by atoms with Crippen molar-refractivity contribution in [3.8, 4) is 0 Å². The molecule has 1 aromatic heterocycles. The quantitative estimate of drug-likeness (QED) is 0.116. The van der Waals surface area contributed by atoms with Crippen molar-refractivity contribution in [2.75, 3.05) is 0 Å². The molecule has 9 rings (SSSR count). The molecule has 0 radical (unpaired) electrons. The molecule has 0 amide bonds. The maximum absolute atomic E-state index is 5.54. The van der Waals surface area contributed by atoms with Gasteiger partial charge < -0.3 is 0 Å². The fraction of sp³-hybridized carbons (Fsp3) is 0.185. The van der Waals surface area contributed by atoms with Gasteiger partial charge in [-0.3, -0.25) is 4.99 Å². The van der Waals surface area contributed by atoms with Crippen LogP contribution < -0.4 is 0 Å². The molecule has 2 heterocycles. The third kappa shape index (κ3) is 6.43. The largest absolute Gasteiger partial charge is 0.276 e. The van der Waals surface area contributed by atoms with E-state index in [2.05, 4.69) is 154 Å². The molecule has 3 unspecified atom stereocenters. The van der Waals surface area contributed by atoms with E-state index in [1.54, 1.807) is 6.08 Å². The van der Waals surface area contributed by atoms with E-state index in [4.69, 9.17) is 9.98 Å². The number of aliphatic imine (C=N–C) groups is 1. The van der Waals surface area contributed by atoms with Crippen molar-refractivity contribution in [1.82, 2.24) is 4.98 Å². The summed E-state index contributed by atoms with van der Waals surface area (Å²) < 4.78 is 0. The third-order valence-corrected chi connectivity index (χ3v) is 12.2. The summed E-state index contributed by atoms with van der Waals surface area (Å²) in [4.78, 5) is 10.8. The van der Waals surface area contributed by atoms with Crippen LogP contribution in [0.2, 0.25) is 0 Å². The summed E-state index contributed by atoms with van der Waals surface area (Å²) >= 11 is 0. The van der Waals surface area contributed by atoms with E-state index >= 15 is 0 Å². The first-order chi connectivity index (χ1) is 27.5. The van der Waals surface area contributed by atoms with Crippen LogP contribution in [0.5, 0.6) is 0 Å². The average Bonchev–Trinajstić information content (AvgIpc) is 3.25. The fourth-order valence-electron chi connectivity index (χ4n) is 9.24. The molecular weight excluding hydrogens is 677 g/mol. The number of hydrogen-bond donors (Lipinski definition) is 0. The Kier molecular flexibility index (Phi) is 9.65. The van der Waals surface area contributed by atoms with E-state index in [9.17, 15) is 0 Å². The van der Waals surface area contributed by atoms with Crippen LogP contribution in [0.25, 0.3) is 38.0 Å². The Bertz CT molecular complexity index is 2710. The number of allylic oxidation sites excluding steroid dienone is 15. The van der Waals surface area contributed by atoms with Crippen molar-refractivity contribution in [2.45, 2.75) is 57.9 Å². The van der Waals surface area contributed by atoms with Crippen LogP contribution in [0.1, 0.15) is 67.0 Å². The summed E-state index contributed by atoms with van der Waals surface area (Å²) in [5.41, 5.74) is 14.5. The molecule has 0 saturated carbocycles. The second-order valence-electron chi connectivity index (χ2n) is 15.5. The maximum Gasteiger partial charge on any atom is 0.0819 e. The van der Waals surface area contributed by atoms with Crippen molar-refractivity contribution >= 4 is 43.7 Å². The number of aromatic nitrogens is 1. The molecule has 56 heavy (non-hydrogen) atoms. The molecule has 0 bridgehead atoms. The molecule has 0 fully saturated rings. The van der Waals surface area contributed by atoms with Crippen molar-refractivity contribution < 1.29 is 0 Å². The van der Waals surface area contributed by atoms with Crippen molar-refractivity contribution in [3.63, 3.8) is 0 Å². The van der Waals surface area contributed by atoms with Crippen LogP contribution in [0, 0.1) is 5.92 Å². The van der Waals surface area contributed by atoms with Crippen molar-refractivity contribution in [2.24, 2.45) is 10.9 Å². The van der Waals surface area contributed by atoms with Gasteiger partial charge in [0.05, 0.1) is 23.0 Å². The number of dihydropyridines is 1. The van der Waals surface area contributed by atoms with Crippen LogP contribution in [0.3, 0.4) is 0 Å². The first kappa shape index (κ1) is 35.6. The molecule has 3 atom stereocenters. The number of pyridine rings is 1. The zero-order valence-corrected chi connectivity index (χ0v) is 32.5. The highest BCUT2D eigenvalue weighted by Gasteiger charge is 2.27. The molecule has 0 saturated heterocycles. The highest BCUT2D eigenvalue weighted by atomic mass is 14.8. The Morgan fingerprint density at radius 3 is 2.27 bits per heavy atom. The number of aryl methyl sites for hydroxylation is 2. The van der Waals surface area contributed by atoms with Crippen LogP contribution in [0.4, 0.5) is 0 Å². The minimum Gasteiger partial charge on any atom is -0.276 e. The van der Waals surface area contributed by atoms with Gasteiger partial charge in [-0.1, -0.05) is 159 Å². The highest BCUT2D eigenvalue weighted by molar-refractivity contribution is 6.20. The Morgan fingerprint density at radius 1 is 0.786 bits per heavy atom. The second-order valence-corrected chi connectivity index (χ2v) is 15.5. The van der Waals surface area contributed by atoms with Crippen LogP contribution in [0.15, 0.2) is 192 Å². The summed E-state index contributed by atoms with van der Waals surface area (Å²) in [6.45, 7) is 12.4. The summed E-state index contributed by atoms with van der Waals surface area (Å²) in [7, 11) is 0. The molecular formula is C54H48N2. The molecule has 2 nitrogen and oxygen atoms in total. The lowest BCUT2D eigenvalue weighted by Gasteiger charge is -2.28. The molecule has 0 N–H and O–H groups in total. The highest BCUT2D eigenvalue weighted by Crippen LogP contribution is 2.42. The topological polar surface area (TPSA) is 25.2 Å². The summed E-state index contributed by atoms with van der Waals surface area (Å²) in [6.07, 6.45) is 33.9. The lowest BCUT2D eigenvalue weighted by molar-refractivity contribution is 0.642. The van der Waals surface area contributed by atoms with Gasteiger partial charge in [0.15, 0.2) is 0 Å². The predicted octanol–water partition coefficient (Wildman–Crippen LogP) is 13.6. The normalized spacial score (nSPS) is 20.9. The van der Waals surface area contributed by atoms with Crippen LogP contribution >= 0.6 is 0 Å². The van der Waals surface area contributed by atoms with E-state index in [0.717, 1.165) is 52.9 Å². The number of rotatable bonds is 8. The predicted molar refractivity (Wildman–Crippen MR) is 240 cm³/mol. The number of benzene rings is 4. The van der Waals surface area contributed by atoms with Gasteiger partial charge in [-0.2, -0.15) is 0 Å². The standard InChI is InChI=1S/C54H48N2/c1-5-13-37(14-6-2)35(3)21-22-38-23-30-42-33-34-50(55-52(42)36(38)4)41-28-24-39(25-29-41)40-26-31-43(32-27-40)53-49-20-12-10-18-47(49)51-46-17-9-7-15-44(46)45-16-8-11-19-48(45)54(51)56-53/h5-6,8,10-14,16,18-26,28-34,40,42,52H,1,3,7,9,15,17,27H2,2,4H3/b14-6-,22-21-,37-13+. The van der Waals surface area contributed by atoms with Gasteiger partial charge >= 0.3 is 0 Å². The van der Waals surface area contributed by atoms with Crippen molar-refractivity contribution in [1.29, 1.82) is 0 Å². The lowest BCUT2D eigenvalue weighted by Crippen LogP contribution is -2.25. The molecule has 1 aliphatic heterocycles. The zero-order valence-electron chi connectivity index (χ0n) is 32.5. The van der Waals surface area contributed by atoms with E-state index in [-0.39, 0.29) is 12.0 Å². The zero-order chi connectivity index (χ0) is 38.2. The smallest absolute Gasteiger partial charge is 0.0819 e. The molecule has 274 valence electrons. The minimum absolute atomic E-state index is 0.0827. The molecule has 2 heteroatoms. The van der Waals surface area contributed by atoms with Gasteiger partial charge in [0.1, 0.15) is 0 Å². The molecule has 4 aliphatic rings. The summed E-state index contributed by atoms with van der Waals surface area (Å²) in [5, 5.41) is 6.61. The first-order valence-corrected chi connectivity index (χ1v) is 20.2. The van der Waals surface area contributed by atoms with Gasteiger partial charge in [0.2, 0.25) is 0 Å². The lowest BCUT2D eigenvalue weighted by atomic mass is 9.82. The third-order valence-electron chi connectivity index (χ3n) is 12.2. The van der Waals surface area contributed by atoms with Gasteiger partial charge in [-0.25, -0.2) is 4.98 Å². The maximum atomic E-state index is 5.54. The molecule has 5 aromatic rings. The second kappa shape index (κ2) is 15.2. The van der Waals surface area contributed by atoms with Crippen molar-refractivity contribution in [3.05, 3.63) is 215 Å². The van der Waals surface area contributed by atoms with E-state index in [1.165, 1.54) is 73.2 Å². The monoisotopic (exact) mass is 724 g/mol. The Morgan fingerprint density at radius 2 is 1.52 bits per heavy atom. The van der Waals surface area contributed by atoms with E-state index in [0.29, 0.717) is 5.92 Å². The van der Waals surface area contributed by atoms with Gasteiger partial charge in [-0.05, 0) is 113 Å². The Labute approximate surface area is 331 Å². The van der Waals surface area contributed by atoms with Gasteiger partial charge in [-0.15, -0.1) is 0 Å². The van der Waals surface area contributed by atoms with Crippen LogP contribution in [-0.2, 0) is 12.8 Å². The van der Waals surface area contributed by atoms with Crippen LogP contribution in [-0.4, -0.2) is 16.7 Å². The molecule has 3 aliphatic carbocycles. The number of nitrogens with zero attached hydrogens (tertiary/aromatic N) is 2. The fourth-order valence-corrected chi connectivity index (χ4v) is 9.24. The molecule has 0 spiro atoms.